The maximum atomic E-state index is 4.92. The second-order valence-corrected chi connectivity index (χ2v) is 9.27. The van der Waals surface area contributed by atoms with Crippen molar-refractivity contribution in [1.82, 2.24) is 24.5 Å². The molecule has 2 aromatic heterocycles. The normalized spacial score (nSPS) is 11.1. The lowest BCUT2D eigenvalue weighted by molar-refractivity contribution is 1.07. The Balaban J connectivity index is 1.32. The molecule has 0 unspecified atom stereocenters. The largest absolute Gasteiger partial charge is 0.299 e. The number of hydrogen-bond donors (Lipinski definition) is 0. The van der Waals surface area contributed by atoms with Crippen LogP contribution in [0.5, 0.6) is 0 Å². The van der Waals surface area contributed by atoms with Gasteiger partial charge in [0.1, 0.15) is 6.33 Å². The predicted octanol–water partition coefficient (Wildman–Crippen LogP) is 7.88. The van der Waals surface area contributed by atoms with Gasteiger partial charge < -0.3 is 0 Å². The van der Waals surface area contributed by atoms with Crippen LogP contribution < -0.4 is 0 Å². The Morgan fingerprint density at radius 1 is 0.410 bits per heavy atom. The summed E-state index contributed by atoms with van der Waals surface area (Å²) < 4.78 is 2.08. The molecule has 7 aromatic rings. The van der Waals surface area contributed by atoms with Gasteiger partial charge in [-0.05, 0) is 41.5 Å². The van der Waals surface area contributed by atoms with E-state index in [0.717, 1.165) is 39.0 Å². The van der Waals surface area contributed by atoms with Crippen molar-refractivity contribution < 1.29 is 0 Å². The van der Waals surface area contributed by atoms with Gasteiger partial charge in [-0.15, -0.1) is 0 Å². The highest BCUT2D eigenvalue weighted by Gasteiger charge is 2.14. The number of fused-ring (bicyclic) bond motifs is 1. The van der Waals surface area contributed by atoms with E-state index in [1.807, 2.05) is 79.1 Å². The summed E-state index contributed by atoms with van der Waals surface area (Å²) in [5, 5.41) is 0. The van der Waals surface area contributed by atoms with Crippen LogP contribution in [0.25, 0.3) is 62.0 Å². The zero-order chi connectivity index (χ0) is 26.0. The molecule has 0 atom stereocenters. The molecule has 0 aliphatic rings. The first-order chi connectivity index (χ1) is 19.3. The highest BCUT2D eigenvalue weighted by molar-refractivity contribution is 5.82. The molecule has 5 heteroatoms. The maximum Gasteiger partial charge on any atom is 0.164 e. The van der Waals surface area contributed by atoms with Crippen molar-refractivity contribution in [3.05, 3.63) is 140 Å². The molecule has 0 aliphatic heterocycles. The third kappa shape index (κ3) is 4.47. The molecule has 0 N–H and O–H groups in total. The number of hydrogen-bond acceptors (Lipinski definition) is 4. The van der Waals surface area contributed by atoms with Gasteiger partial charge in [-0.2, -0.15) is 0 Å². The predicted molar refractivity (Wildman–Crippen MR) is 156 cm³/mol. The van der Waals surface area contributed by atoms with Crippen LogP contribution >= 0.6 is 0 Å². The topological polar surface area (TPSA) is 56.5 Å². The number of aromatic nitrogens is 5. The molecule has 0 spiro atoms. The summed E-state index contributed by atoms with van der Waals surface area (Å²) in [6, 6.07) is 45.1. The van der Waals surface area contributed by atoms with E-state index in [2.05, 4.69) is 70.2 Å². The maximum absolute atomic E-state index is 4.92. The van der Waals surface area contributed by atoms with Crippen molar-refractivity contribution in [3.63, 3.8) is 0 Å². The fourth-order valence-electron chi connectivity index (χ4n) is 4.74. The van der Waals surface area contributed by atoms with Crippen molar-refractivity contribution in [2.24, 2.45) is 0 Å². The molecule has 39 heavy (non-hydrogen) atoms. The third-order valence-corrected chi connectivity index (χ3v) is 6.76. The lowest BCUT2D eigenvalue weighted by Gasteiger charge is -2.09. The molecule has 0 amide bonds. The highest BCUT2D eigenvalue weighted by atomic mass is 15.1. The van der Waals surface area contributed by atoms with Gasteiger partial charge in [0, 0.05) is 22.4 Å². The van der Waals surface area contributed by atoms with Crippen LogP contribution in [0.1, 0.15) is 0 Å². The Hall–Kier alpha value is -5.42. The zero-order valence-electron chi connectivity index (χ0n) is 21.0. The Labute approximate surface area is 226 Å². The van der Waals surface area contributed by atoms with Gasteiger partial charge in [-0.25, -0.2) is 19.9 Å². The highest BCUT2D eigenvalue weighted by Crippen LogP contribution is 2.29. The molecule has 7 rings (SSSR count). The molecule has 2 heterocycles. The molecule has 0 saturated carbocycles. The number of nitrogens with zero attached hydrogens (tertiary/aromatic N) is 5. The molecule has 5 aromatic carbocycles. The van der Waals surface area contributed by atoms with Crippen LogP contribution in [0.3, 0.4) is 0 Å². The molecule has 0 bridgehead atoms. The van der Waals surface area contributed by atoms with E-state index in [1.165, 1.54) is 5.56 Å². The van der Waals surface area contributed by atoms with E-state index in [9.17, 15) is 0 Å². The van der Waals surface area contributed by atoms with Crippen LogP contribution in [-0.2, 0) is 0 Å². The minimum Gasteiger partial charge on any atom is -0.299 e. The molecule has 184 valence electrons. The van der Waals surface area contributed by atoms with Gasteiger partial charge in [-0.3, -0.25) is 4.57 Å². The molecule has 0 radical (unpaired) electrons. The van der Waals surface area contributed by atoms with E-state index in [1.54, 1.807) is 0 Å². The summed E-state index contributed by atoms with van der Waals surface area (Å²) in [5.41, 5.74) is 8.07. The van der Waals surface area contributed by atoms with Crippen LogP contribution in [0.4, 0.5) is 0 Å². The molecule has 0 aliphatic carbocycles. The van der Waals surface area contributed by atoms with Gasteiger partial charge in [0.05, 0.1) is 11.0 Å². The fraction of sp³-hybridized carbons (Fsp3) is 0. The van der Waals surface area contributed by atoms with Crippen molar-refractivity contribution in [2.45, 2.75) is 0 Å². The second kappa shape index (κ2) is 9.80. The minimum absolute atomic E-state index is 0.613. The Kier molecular flexibility index (Phi) is 5.72. The van der Waals surface area contributed by atoms with E-state index in [0.29, 0.717) is 17.5 Å². The first kappa shape index (κ1) is 22.8. The van der Waals surface area contributed by atoms with Crippen molar-refractivity contribution in [1.29, 1.82) is 0 Å². The lowest BCUT2D eigenvalue weighted by Crippen LogP contribution is -2.00. The summed E-state index contributed by atoms with van der Waals surface area (Å²) >= 11 is 0. The molecular formula is C34H23N5. The second-order valence-electron chi connectivity index (χ2n) is 9.27. The summed E-state index contributed by atoms with van der Waals surface area (Å²) in [5.74, 6) is 1.88. The Bertz CT molecular complexity index is 1880. The van der Waals surface area contributed by atoms with Gasteiger partial charge in [0.15, 0.2) is 17.5 Å². The van der Waals surface area contributed by atoms with Crippen molar-refractivity contribution in [3.8, 4) is 51.0 Å². The average Bonchev–Trinajstić information content (AvgIpc) is 3.46. The molecule has 5 nitrogen and oxygen atoms in total. The monoisotopic (exact) mass is 501 g/mol. The molecule has 0 saturated heterocycles. The van der Waals surface area contributed by atoms with Gasteiger partial charge in [0.2, 0.25) is 0 Å². The average molecular weight is 502 g/mol. The minimum atomic E-state index is 0.613. The van der Waals surface area contributed by atoms with Crippen molar-refractivity contribution >= 4 is 11.0 Å². The summed E-state index contributed by atoms with van der Waals surface area (Å²) in [4.78, 5) is 19.3. The quantitative estimate of drug-likeness (QED) is 0.241. The first-order valence-corrected chi connectivity index (χ1v) is 12.8. The van der Waals surface area contributed by atoms with E-state index in [-0.39, 0.29) is 0 Å². The molecule has 0 fully saturated rings. The van der Waals surface area contributed by atoms with Crippen LogP contribution in [0.2, 0.25) is 0 Å². The SMILES string of the molecule is c1ccc(-c2ccc(-c3nc(-c4ccccc4)nc(-c4ccc5c(c4)ncn5-c4ccccc4)n3)cc2)cc1. The Morgan fingerprint density at radius 2 is 0.872 bits per heavy atom. The summed E-state index contributed by atoms with van der Waals surface area (Å²) in [6.07, 6.45) is 1.85. The fourth-order valence-corrected chi connectivity index (χ4v) is 4.74. The smallest absolute Gasteiger partial charge is 0.164 e. The third-order valence-electron chi connectivity index (χ3n) is 6.76. The van der Waals surface area contributed by atoms with Gasteiger partial charge in [0.25, 0.3) is 0 Å². The summed E-state index contributed by atoms with van der Waals surface area (Å²) in [7, 11) is 0. The number of benzene rings is 5. The zero-order valence-corrected chi connectivity index (χ0v) is 21.0. The van der Waals surface area contributed by atoms with Gasteiger partial charge >= 0.3 is 0 Å². The summed E-state index contributed by atoms with van der Waals surface area (Å²) in [6.45, 7) is 0. The lowest BCUT2D eigenvalue weighted by atomic mass is 10.0. The van der Waals surface area contributed by atoms with Crippen LogP contribution in [0, 0.1) is 0 Å². The van der Waals surface area contributed by atoms with E-state index in [4.69, 9.17) is 15.0 Å². The number of para-hydroxylation sites is 1. The standard InChI is InChI=1S/C34H23N5/c1-4-10-24(11-5-1)25-16-18-27(19-17-25)33-36-32(26-12-6-2-7-13-26)37-34(38-33)28-20-21-31-30(22-28)35-23-39(31)29-14-8-3-9-15-29/h1-23H. The number of rotatable bonds is 5. The first-order valence-electron chi connectivity index (χ1n) is 12.8. The molecular weight excluding hydrogens is 478 g/mol. The van der Waals surface area contributed by atoms with Gasteiger partial charge in [-0.1, -0.05) is 103 Å². The number of imidazole rings is 1. The Morgan fingerprint density at radius 3 is 1.51 bits per heavy atom. The van der Waals surface area contributed by atoms with E-state index >= 15 is 0 Å². The van der Waals surface area contributed by atoms with E-state index < -0.39 is 0 Å². The van der Waals surface area contributed by atoms with Crippen LogP contribution in [-0.4, -0.2) is 24.5 Å². The van der Waals surface area contributed by atoms with Crippen molar-refractivity contribution in [2.75, 3.05) is 0 Å². The van der Waals surface area contributed by atoms with Crippen LogP contribution in [0.15, 0.2) is 140 Å².